The van der Waals surface area contributed by atoms with Gasteiger partial charge in [-0.1, -0.05) is 98.2 Å². The molecule has 40 nitrogen and oxygen atoms in total. The van der Waals surface area contributed by atoms with Crippen LogP contribution in [-0.2, 0) is 0 Å². The van der Waals surface area contributed by atoms with Crippen LogP contribution in [0.1, 0.15) is 119 Å². The molecular formula is C99H118FN35O5S5. The van der Waals surface area contributed by atoms with E-state index in [-0.39, 0.29) is 31.6 Å². The number of piperazine rings is 1. The van der Waals surface area contributed by atoms with E-state index in [1.807, 2.05) is 85.1 Å². The lowest BCUT2D eigenvalue weighted by Gasteiger charge is -2.36. The molecule has 3 aliphatic heterocycles. The summed E-state index contributed by atoms with van der Waals surface area (Å²) in [5, 5.41) is 49.3. The van der Waals surface area contributed by atoms with Crippen LogP contribution in [0.2, 0.25) is 0 Å². The van der Waals surface area contributed by atoms with Gasteiger partial charge >= 0.3 is 19.5 Å². The summed E-state index contributed by atoms with van der Waals surface area (Å²) < 4.78 is 26.0. The van der Waals surface area contributed by atoms with E-state index >= 15 is 0 Å². The van der Waals surface area contributed by atoms with Crippen LogP contribution in [0.25, 0.3) is 91.5 Å². The third kappa shape index (κ3) is 23.9. The summed E-state index contributed by atoms with van der Waals surface area (Å²) >= 11 is 5.88. The molecule has 8 fully saturated rings. The quantitative estimate of drug-likeness (QED) is 0.0318. The molecule has 0 spiro atoms. The zero-order valence-corrected chi connectivity index (χ0v) is 85.6. The standard InChI is InChI=1S/C23H24N8OS.2C20H25N7OS.C20H27N7OS.C16H17FN6OS/c1-15-26-23(32)18(33-15)12-16-14-25-31-21(27-17-5-6-17)13-20(28-22(16)31)30-10-8-29(9-11-30)19-4-2-3-7-24-19;1-12-16(29-20(28)22-12)8-13-10-21-27-18(23-14-4-5-14)9-17(24-19(13)27)26(3)15-6-7-25(2)11-15;1-13-16(29-20(28)22-13)10-14-12-21-27-18(23-15-4-5-15)11-17(24-19(14)27)26-7-3-6-25(2)8-9-26;1-4-26(5-2)9-8-21-17-11-18(24-15-6-7-15)27-19(25-17)14(12-22-27)10-16-13(3)23-20(28)29-16;1-9-12(25-16(24)20-9)6-10-8-19-23-14(21-11-2-3-11)7-13(18-5-4-17)22-15(10)23/h2-4,7,12-14,17,27H,1,5-6,8-11H2,(H,26,32);8-10,14-15,23H,1,4-7,11H2,2-3H3,(H,22,28);10-12,15,23H,1,3-9H2,2H3,(H,22,28);10-12,15,24H,3-9H2,1-2H3,(H,21,25)(H,23,28);6-8,11,21H,1-5H2,(H,18,22)(H,20,24)/b18-12-;16-8-;2*16-10-;12-6-. The van der Waals surface area contributed by atoms with Gasteiger partial charge in [0.05, 0.1) is 79.7 Å². The Bertz CT molecular complexity index is 8200. The normalized spacial score (nSPS) is 17.4. The molecule has 16 aromatic rings. The van der Waals surface area contributed by atoms with E-state index in [1.165, 1.54) is 62.7 Å². The van der Waals surface area contributed by atoms with Gasteiger partial charge in [0.2, 0.25) is 0 Å². The maximum absolute atomic E-state index is 12.5. The molecule has 756 valence electrons. The van der Waals surface area contributed by atoms with Crippen molar-refractivity contribution < 1.29 is 4.39 Å². The molecule has 145 heavy (non-hydrogen) atoms. The second-order valence-corrected chi connectivity index (χ2v) is 42.7. The molecule has 0 aromatic carbocycles. The number of likely N-dealkylation sites (tertiary alicyclic amines) is 1. The van der Waals surface area contributed by atoms with Crippen LogP contribution in [0.4, 0.5) is 68.4 Å². The van der Waals surface area contributed by atoms with Crippen molar-refractivity contribution in [2.75, 3.05) is 183 Å². The van der Waals surface area contributed by atoms with E-state index in [0.29, 0.717) is 78.3 Å². The first kappa shape index (κ1) is 98.1. The summed E-state index contributed by atoms with van der Waals surface area (Å²) in [6, 6.07) is 19.1. The number of nitrogens with zero attached hydrogens (tertiary/aromatic N) is 23. The van der Waals surface area contributed by atoms with Gasteiger partial charge in [-0.25, -0.2) is 34.3 Å². The molecule has 0 amide bonds. The van der Waals surface area contributed by atoms with Gasteiger partial charge in [-0.2, -0.15) is 48.1 Å². The van der Waals surface area contributed by atoms with E-state index in [0.717, 1.165) is 289 Å². The number of hydrogen-bond donors (Lipinski definition) is 12. The molecule has 46 heteroatoms. The van der Waals surface area contributed by atoms with E-state index in [4.69, 9.17) is 19.9 Å². The number of rotatable bonds is 29. The van der Waals surface area contributed by atoms with Gasteiger partial charge < -0.3 is 96.4 Å². The van der Waals surface area contributed by atoms with Gasteiger partial charge in [0, 0.05) is 180 Å². The minimum Gasteiger partial charge on any atom is -0.369 e. The number of pyridine rings is 1. The first-order valence-electron chi connectivity index (χ1n) is 49.2. The summed E-state index contributed by atoms with van der Waals surface area (Å²) in [6.07, 6.45) is 34.1. The maximum atomic E-state index is 12.5. The van der Waals surface area contributed by atoms with Gasteiger partial charge in [0.15, 0.2) is 28.2 Å². The van der Waals surface area contributed by atoms with Crippen LogP contribution in [0.15, 0.2) is 110 Å². The lowest BCUT2D eigenvalue weighted by molar-refractivity contribution is 0.316. The van der Waals surface area contributed by atoms with Gasteiger partial charge in [0.1, 0.15) is 70.7 Å². The van der Waals surface area contributed by atoms with Crippen LogP contribution in [0.3, 0.4) is 0 Å². The summed E-state index contributed by atoms with van der Waals surface area (Å²) in [5.74, 6) is 9.85. The van der Waals surface area contributed by atoms with Crippen molar-refractivity contribution in [2.24, 2.45) is 0 Å². The predicted molar refractivity (Wildman–Crippen MR) is 583 cm³/mol. The molecule has 1 atom stereocenters. The molecule has 8 aliphatic rings. The van der Waals surface area contributed by atoms with Crippen molar-refractivity contribution >= 4 is 212 Å². The zero-order chi connectivity index (χ0) is 100. The average Bonchev–Trinajstić information content (AvgIpc) is 1.65. The minimum absolute atomic E-state index is 0.101. The SMILES string of the molecule is C=c1[nH]c(=O)/c(=C/c2cnn3c(NC4CC4)cc(N4CCN(c5ccccn5)CC4)nc23)s1.C=c1[nH]c(=O)s/c1=C\c1cnn2c(NC3CC3)cc(N(C)C3CCN(C)C3)nc12.C=c1[nH]c(=O)s/c1=C\c1cnn2c(NC3CC3)cc(N3CCCN(C)CC3)nc12.C=c1[nH]c(=O)s/c1=C\c1cnn2c(NC3CC3)cc(NCCF)nc12.C=c1[nH]c(=O)s/c1=C\c1cnn2c(NC3CC3)cc(NCCN(CC)CC)nc12. The summed E-state index contributed by atoms with van der Waals surface area (Å²) in [6.45, 7) is 37.0. The molecule has 5 aliphatic carbocycles. The molecule has 12 N–H and O–H groups in total. The van der Waals surface area contributed by atoms with Crippen LogP contribution in [0.5, 0.6) is 0 Å². The molecule has 24 rings (SSSR count). The van der Waals surface area contributed by atoms with E-state index in [1.54, 1.807) is 29.3 Å². The average molecular weight is 2060 g/mol. The van der Waals surface area contributed by atoms with Crippen molar-refractivity contribution in [3.63, 3.8) is 0 Å². The number of thiazole rings is 5. The second kappa shape index (κ2) is 43.3. The number of hydrogen-bond acceptors (Lipinski definition) is 35. The van der Waals surface area contributed by atoms with Gasteiger partial charge in [-0.3, -0.25) is 24.0 Å². The molecule has 1 unspecified atom stereocenters. The summed E-state index contributed by atoms with van der Waals surface area (Å²) in [4.78, 5) is 117. The van der Waals surface area contributed by atoms with Crippen molar-refractivity contribution in [3.8, 4) is 0 Å². The molecule has 19 heterocycles. The largest absolute Gasteiger partial charge is 0.369 e. The number of fused-ring (bicyclic) bond motifs is 5. The fourth-order valence-electron chi connectivity index (χ4n) is 17.4. The number of anilines is 11. The number of likely N-dealkylation sites (N-methyl/N-ethyl adjacent to an activating group) is 4. The molecule has 0 bridgehead atoms. The number of H-pyrrole nitrogens is 5. The van der Waals surface area contributed by atoms with Gasteiger partial charge in [0.25, 0.3) is 5.56 Å². The zero-order valence-electron chi connectivity index (χ0n) is 81.5. The van der Waals surface area contributed by atoms with Crippen molar-refractivity contribution in [2.45, 2.75) is 127 Å². The lowest BCUT2D eigenvalue weighted by Crippen LogP contribution is -2.47. The Labute approximate surface area is 849 Å². The Hall–Kier alpha value is -14.3. The van der Waals surface area contributed by atoms with E-state index in [2.05, 4.69) is 224 Å². The maximum Gasteiger partial charge on any atom is 0.305 e. The monoisotopic (exact) mass is 2060 g/mol. The Kier molecular flexibility index (Phi) is 29.3. The number of halogens is 1. The minimum atomic E-state index is -0.474. The van der Waals surface area contributed by atoms with Crippen molar-refractivity contribution in [3.05, 3.63) is 211 Å². The fraction of sp³-hybridized carbons (Fsp3) is 0.394. The van der Waals surface area contributed by atoms with Crippen molar-refractivity contribution in [1.82, 2.24) is 118 Å². The Morgan fingerprint density at radius 2 is 0.800 bits per heavy atom. The predicted octanol–water partition coefficient (Wildman–Crippen LogP) is 3.60. The second-order valence-electron chi connectivity index (χ2n) is 37.5. The Balaban J connectivity index is 0.000000111. The van der Waals surface area contributed by atoms with E-state index < -0.39 is 6.67 Å². The molecule has 16 aromatic heterocycles. The third-order valence-corrected chi connectivity index (χ3v) is 30.5. The first-order chi connectivity index (χ1) is 70.4. The first-order valence-corrected chi connectivity index (χ1v) is 53.2. The topological polar surface area (TPSA) is 435 Å². The Morgan fingerprint density at radius 3 is 1.17 bits per heavy atom. The van der Waals surface area contributed by atoms with Gasteiger partial charge in [-0.05, 0) is 160 Å². The highest BCUT2D eigenvalue weighted by Gasteiger charge is 2.32. The van der Waals surface area contributed by atoms with Crippen molar-refractivity contribution in [1.29, 1.82) is 0 Å². The fourth-order valence-corrected chi connectivity index (χ4v) is 21.0. The van der Waals surface area contributed by atoms with Crippen LogP contribution < -0.4 is 131 Å². The van der Waals surface area contributed by atoms with E-state index in [9.17, 15) is 28.4 Å². The Morgan fingerprint density at radius 1 is 0.421 bits per heavy atom. The number of nitrogens with one attached hydrogen (secondary N) is 12. The lowest BCUT2D eigenvalue weighted by atomic mass is 10.2. The highest BCUT2D eigenvalue weighted by atomic mass is 32.1. The van der Waals surface area contributed by atoms with Crippen LogP contribution >= 0.6 is 56.7 Å². The highest BCUT2D eigenvalue weighted by Crippen LogP contribution is 2.35. The van der Waals surface area contributed by atoms with Gasteiger partial charge in [-0.15, -0.1) is 11.3 Å². The summed E-state index contributed by atoms with van der Waals surface area (Å²) in [5.41, 5.74) is 7.76. The van der Waals surface area contributed by atoms with Crippen LogP contribution in [-0.4, -0.2) is 280 Å². The smallest absolute Gasteiger partial charge is 0.305 e. The number of aromatic nitrogens is 21. The molecule has 0 radical (unpaired) electrons. The molecule has 5 saturated carbocycles. The van der Waals surface area contributed by atoms with Crippen LogP contribution in [0, 0.1) is 0 Å². The third-order valence-electron chi connectivity index (χ3n) is 26.2. The number of alkyl halides is 1. The molecule has 3 saturated heterocycles. The highest BCUT2D eigenvalue weighted by molar-refractivity contribution is 7.08. The summed E-state index contributed by atoms with van der Waals surface area (Å²) in [7, 11) is 6.45. The number of aromatic amines is 5. The molecular weight excluding hydrogens is 1940 g/mol.